The van der Waals surface area contributed by atoms with Crippen molar-refractivity contribution in [1.82, 2.24) is 10.5 Å². The topological polar surface area (TPSA) is 96.7 Å². The Bertz CT molecular complexity index is 769. The predicted octanol–water partition coefficient (Wildman–Crippen LogP) is 2.82. The molecule has 0 aliphatic carbocycles. The Hall–Kier alpha value is -3.03. The maximum absolute atomic E-state index is 12.1. The summed E-state index contributed by atoms with van der Waals surface area (Å²) in [5.41, 5.74) is 3.05. The van der Waals surface area contributed by atoms with E-state index in [1.54, 1.807) is 29.2 Å². The molecule has 1 aromatic carbocycles. The SMILES string of the molecule is CCc1onc(C)c1CNC(=O)Nc1ccc(N2CCOC2=O)cc1. The minimum absolute atomic E-state index is 0.323. The first-order valence-electron chi connectivity index (χ1n) is 8.11. The number of anilines is 2. The number of hydrogen-bond donors (Lipinski definition) is 2. The van der Waals surface area contributed by atoms with Crippen LogP contribution in [0.15, 0.2) is 28.8 Å². The summed E-state index contributed by atoms with van der Waals surface area (Å²) in [5, 5.41) is 9.46. The van der Waals surface area contributed by atoms with Gasteiger partial charge in [0.1, 0.15) is 12.4 Å². The molecule has 0 atom stereocenters. The third-order valence-electron chi connectivity index (χ3n) is 4.01. The molecule has 0 unspecified atom stereocenters. The van der Waals surface area contributed by atoms with Crippen molar-refractivity contribution >= 4 is 23.5 Å². The molecule has 2 N–H and O–H groups in total. The van der Waals surface area contributed by atoms with E-state index in [4.69, 9.17) is 9.26 Å². The predicted molar refractivity (Wildman–Crippen MR) is 91.6 cm³/mol. The van der Waals surface area contributed by atoms with E-state index >= 15 is 0 Å². The zero-order chi connectivity index (χ0) is 17.8. The van der Waals surface area contributed by atoms with E-state index in [0.717, 1.165) is 29.1 Å². The highest BCUT2D eigenvalue weighted by Gasteiger charge is 2.23. The minimum atomic E-state index is -0.353. The molecule has 1 fully saturated rings. The van der Waals surface area contributed by atoms with Crippen molar-refractivity contribution in [2.45, 2.75) is 26.8 Å². The van der Waals surface area contributed by atoms with Crippen LogP contribution in [-0.2, 0) is 17.7 Å². The van der Waals surface area contributed by atoms with Crippen LogP contribution in [0.1, 0.15) is 23.9 Å². The number of amides is 3. The van der Waals surface area contributed by atoms with Gasteiger partial charge in [0.15, 0.2) is 0 Å². The lowest BCUT2D eigenvalue weighted by Gasteiger charge is -2.13. The van der Waals surface area contributed by atoms with Gasteiger partial charge in [-0.1, -0.05) is 12.1 Å². The standard InChI is InChI=1S/C17H20N4O4/c1-3-15-14(11(2)20-25-15)10-18-16(22)19-12-4-6-13(7-5-12)21-8-9-24-17(21)23/h4-7H,3,8-10H2,1-2H3,(H2,18,19,22). The Morgan fingerprint density at radius 3 is 2.72 bits per heavy atom. The van der Waals surface area contributed by atoms with Gasteiger partial charge < -0.3 is 19.9 Å². The highest BCUT2D eigenvalue weighted by molar-refractivity contribution is 5.91. The number of carbonyl (C=O) groups excluding carboxylic acids is 2. The molecule has 0 saturated carbocycles. The van der Waals surface area contributed by atoms with E-state index in [9.17, 15) is 9.59 Å². The monoisotopic (exact) mass is 344 g/mol. The van der Waals surface area contributed by atoms with Crippen LogP contribution in [0.2, 0.25) is 0 Å². The molecular formula is C17H20N4O4. The zero-order valence-electron chi connectivity index (χ0n) is 14.2. The number of ether oxygens (including phenoxy) is 1. The van der Waals surface area contributed by atoms with Crippen molar-refractivity contribution in [1.29, 1.82) is 0 Å². The summed E-state index contributed by atoms with van der Waals surface area (Å²) >= 11 is 0. The molecule has 2 aromatic rings. The quantitative estimate of drug-likeness (QED) is 0.869. The number of nitrogens with one attached hydrogen (secondary N) is 2. The fourth-order valence-corrected chi connectivity index (χ4v) is 2.64. The number of urea groups is 1. The summed E-state index contributed by atoms with van der Waals surface area (Å²) in [6.45, 7) is 5.09. The molecule has 1 saturated heterocycles. The van der Waals surface area contributed by atoms with Crippen molar-refractivity contribution < 1.29 is 18.8 Å². The molecule has 1 aliphatic heterocycles. The number of aromatic nitrogens is 1. The molecule has 3 rings (SSSR count). The van der Waals surface area contributed by atoms with E-state index in [2.05, 4.69) is 15.8 Å². The molecule has 2 heterocycles. The molecule has 132 valence electrons. The average molecular weight is 344 g/mol. The fourth-order valence-electron chi connectivity index (χ4n) is 2.64. The summed E-state index contributed by atoms with van der Waals surface area (Å²) in [6.07, 6.45) is 0.370. The second-order valence-corrected chi connectivity index (χ2v) is 5.64. The lowest BCUT2D eigenvalue weighted by atomic mass is 10.1. The Morgan fingerprint density at radius 1 is 1.32 bits per heavy atom. The molecule has 0 radical (unpaired) electrons. The van der Waals surface area contributed by atoms with Gasteiger partial charge in [-0.2, -0.15) is 0 Å². The highest BCUT2D eigenvalue weighted by atomic mass is 16.6. The first-order valence-corrected chi connectivity index (χ1v) is 8.11. The summed E-state index contributed by atoms with van der Waals surface area (Å²) in [5.74, 6) is 0.777. The number of nitrogens with zero attached hydrogens (tertiary/aromatic N) is 2. The number of carbonyl (C=O) groups is 2. The number of rotatable bonds is 5. The number of hydrogen-bond acceptors (Lipinski definition) is 5. The van der Waals surface area contributed by atoms with Crippen molar-refractivity contribution in [3.63, 3.8) is 0 Å². The maximum atomic E-state index is 12.1. The zero-order valence-corrected chi connectivity index (χ0v) is 14.2. The van der Waals surface area contributed by atoms with Crippen LogP contribution in [0.5, 0.6) is 0 Å². The molecule has 0 bridgehead atoms. The summed E-state index contributed by atoms with van der Waals surface area (Å²) in [4.78, 5) is 25.1. The summed E-state index contributed by atoms with van der Waals surface area (Å²) in [7, 11) is 0. The Labute approximate surface area is 145 Å². The van der Waals surface area contributed by atoms with Gasteiger partial charge in [-0.3, -0.25) is 4.90 Å². The highest BCUT2D eigenvalue weighted by Crippen LogP contribution is 2.21. The lowest BCUT2D eigenvalue weighted by molar-refractivity contribution is 0.181. The molecule has 0 spiro atoms. The van der Waals surface area contributed by atoms with Gasteiger partial charge in [0.05, 0.1) is 12.2 Å². The smallest absolute Gasteiger partial charge is 0.414 e. The van der Waals surface area contributed by atoms with Crippen LogP contribution in [0, 0.1) is 6.92 Å². The maximum Gasteiger partial charge on any atom is 0.414 e. The van der Waals surface area contributed by atoms with Crippen molar-refractivity contribution in [2.75, 3.05) is 23.4 Å². The van der Waals surface area contributed by atoms with Gasteiger partial charge >= 0.3 is 12.1 Å². The van der Waals surface area contributed by atoms with Crippen LogP contribution in [0.3, 0.4) is 0 Å². The minimum Gasteiger partial charge on any atom is -0.447 e. The van der Waals surface area contributed by atoms with Crippen LogP contribution >= 0.6 is 0 Å². The molecule has 1 aliphatic rings. The molecule has 3 amide bonds. The van der Waals surface area contributed by atoms with Gasteiger partial charge in [-0.05, 0) is 31.2 Å². The summed E-state index contributed by atoms with van der Waals surface area (Å²) in [6, 6.07) is 6.69. The van der Waals surface area contributed by atoms with Gasteiger partial charge in [0, 0.05) is 29.9 Å². The third kappa shape index (κ3) is 3.73. The number of aryl methyl sites for hydroxylation is 2. The largest absolute Gasteiger partial charge is 0.447 e. The Kier molecular flexibility index (Phi) is 4.87. The van der Waals surface area contributed by atoms with Crippen LogP contribution in [0.25, 0.3) is 0 Å². The third-order valence-corrected chi connectivity index (χ3v) is 4.01. The van der Waals surface area contributed by atoms with Gasteiger partial charge in [-0.15, -0.1) is 0 Å². The Morgan fingerprint density at radius 2 is 2.08 bits per heavy atom. The van der Waals surface area contributed by atoms with Crippen molar-refractivity contribution in [3.05, 3.63) is 41.3 Å². The van der Waals surface area contributed by atoms with E-state index in [-0.39, 0.29) is 12.1 Å². The number of cyclic esters (lactones) is 1. The second-order valence-electron chi connectivity index (χ2n) is 5.64. The molecule has 8 nitrogen and oxygen atoms in total. The molecule has 8 heteroatoms. The summed E-state index contributed by atoms with van der Waals surface area (Å²) < 4.78 is 10.1. The van der Waals surface area contributed by atoms with E-state index in [1.165, 1.54) is 0 Å². The van der Waals surface area contributed by atoms with Crippen LogP contribution in [0.4, 0.5) is 21.0 Å². The van der Waals surface area contributed by atoms with Crippen molar-refractivity contribution in [3.8, 4) is 0 Å². The average Bonchev–Trinajstić information content (AvgIpc) is 3.19. The normalized spacial score (nSPS) is 13.7. The van der Waals surface area contributed by atoms with Crippen LogP contribution < -0.4 is 15.5 Å². The molecule has 1 aromatic heterocycles. The van der Waals surface area contributed by atoms with Crippen molar-refractivity contribution in [2.24, 2.45) is 0 Å². The van der Waals surface area contributed by atoms with Gasteiger partial charge in [0.2, 0.25) is 0 Å². The van der Waals surface area contributed by atoms with E-state index in [1.807, 2.05) is 13.8 Å². The van der Waals surface area contributed by atoms with E-state index in [0.29, 0.717) is 25.4 Å². The first-order chi connectivity index (χ1) is 12.1. The van der Waals surface area contributed by atoms with Gasteiger partial charge in [-0.25, -0.2) is 9.59 Å². The first kappa shape index (κ1) is 16.8. The number of benzene rings is 1. The van der Waals surface area contributed by atoms with Gasteiger partial charge in [0.25, 0.3) is 0 Å². The Balaban J connectivity index is 1.56. The lowest BCUT2D eigenvalue weighted by Crippen LogP contribution is -2.28. The second kappa shape index (κ2) is 7.25. The fraction of sp³-hybridized carbons (Fsp3) is 0.353. The van der Waals surface area contributed by atoms with Crippen LogP contribution in [-0.4, -0.2) is 30.4 Å². The molecule has 25 heavy (non-hydrogen) atoms. The van der Waals surface area contributed by atoms with E-state index < -0.39 is 0 Å². The molecular weight excluding hydrogens is 324 g/mol.